The van der Waals surface area contributed by atoms with Gasteiger partial charge >= 0.3 is 0 Å². The van der Waals surface area contributed by atoms with Crippen LogP contribution in [0.4, 0.5) is 0 Å². The van der Waals surface area contributed by atoms with Crippen LogP contribution in [0.5, 0.6) is 0 Å². The van der Waals surface area contributed by atoms with E-state index in [4.69, 9.17) is 4.74 Å². The number of ether oxygens (including phenoxy) is 1. The number of halogens is 1. The van der Waals surface area contributed by atoms with Crippen LogP contribution in [0.3, 0.4) is 0 Å². The fraction of sp³-hybridized carbons (Fsp3) is 0.833. The standard InChI is InChI=1S/C12H21BrN4O/c1-4-6-14-10(9-5-7-18-8(9)2)11-12(13)15-16-17(11)3/h8-10,14H,4-7H2,1-3H3. The maximum atomic E-state index is 5.70. The second-order valence-electron chi connectivity index (χ2n) is 4.85. The van der Waals surface area contributed by atoms with Crippen molar-refractivity contribution in [3.05, 3.63) is 10.3 Å². The summed E-state index contributed by atoms with van der Waals surface area (Å²) in [6.45, 7) is 6.16. The highest BCUT2D eigenvalue weighted by molar-refractivity contribution is 9.10. The quantitative estimate of drug-likeness (QED) is 0.903. The Bertz CT molecular complexity index is 376. The molecule has 2 rings (SSSR count). The molecule has 1 aliphatic heterocycles. The van der Waals surface area contributed by atoms with Crippen molar-refractivity contribution in [2.75, 3.05) is 13.2 Å². The molecule has 0 radical (unpaired) electrons. The van der Waals surface area contributed by atoms with Gasteiger partial charge in [0.1, 0.15) is 0 Å². The maximum absolute atomic E-state index is 5.70. The second-order valence-corrected chi connectivity index (χ2v) is 5.60. The summed E-state index contributed by atoms with van der Waals surface area (Å²) in [5, 5.41) is 11.8. The molecule has 0 aliphatic carbocycles. The van der Waals surface area contributed by atoms with Gasteiger partial charge in [-0.2, -0.15) is 0 Å². The number of hydrogen-bond acceptors (Lipinski definition) is 4. The van der Waals surface area contributed by atoms with Crippen molar-refractivity contribution in [3.63, 3.8) is 0 Å². The van der Waals surface area contributed by atoms with Gasteiger partial charge < -0.3 is 10.1 Å². The number of aryl methyl sites for hydroxylation is 1. The Hall–Kier alpha value is -0.460. The number of nitrogens with zero attached hydrogens (tertiary/aromatic N) is 3. The summed E-state index contributed by atoms with van der Waals surface area (Å²) in [6.07, 6.45) is 2.47. The monoisotopic (exact) mass is 316 g/mol. The molecule has 1 N–H and O–H groups in total. The third-order valence-corrected chi connectivity index (χ3v) is 4.16. The molecule has 1 aromatic heterocycles. The Kier molecular flexibility index (Phi) is 4.75. The summed E-state index contributed by atoms with van der Waals surface area (Å²) >= 11 is 3.50. The van der Waals surface area contributed by atoms with Crippen LogP contribution >= 0.6 is 15.9 Å². The van der Waals surface area contributed by atoms with Crippen LogP contribution in [0.25, 0.3) is 0 Å². The van der Waals surface area contributed by atoms with Gasteiger partial charge in [-0.3, -0.25) is 0 Å². The second kappa shape index (κ2) is 6.12. The fourth-order valence-electron chi connectivity index (χ4n) is 2.61. The molecule has 5 nitrogen and oxygen atoms in total. The van der Waals surface area contributed by atoms with Crippen LogP contribution in [0, 0.1) is 5.92 Å². The van der Waals surface area contributed by atoms with E-state index in [1.54, 1.807) is 0 Å². The van der Waals surface area contributed by atoms with E-state index >= 15 is 0 Å². The summed E-state index contributed by atoms with van der Waals surface area (Å²) in [4.78, 5) is 0. The van der Waals surface area contributed by atoms with Crippen molar-refractivity contribution >= 4 is 15.9 Å². The molecule has 18 heavy (non-hydrogen) atoms. The Morgan fingerprint density at radius 3 is 2.89 bits per heavy atom. The molecule has 1 saturated heterocycles. The molecule has 2 heterocycles. The van der Waals surface area contributed by atoms with E-state index in [1.807, 2.05) is 11.7 Å². The van der Waals surface area contributed by atoms with Crippen molar-refractivity contribution in [3.8, 4) is 0 Å². The zero-order chi connectivity index (χ0) is 13.1. The molecule has 0 amide bonds. The first-order chi connectivity index (χ1) is 8.65. The van der Waals surface area contributed by atoms with Crippen LogP contribution in [-0.2, 0) is 11.8 Å². The van der Waals surface area contributed by atoms with E-state index in [9.17, 15) is 0 Å². The van der Waals surface area contributed by atoms with E-state index in [0.717, 1.165) is 36.3 Å². The largest absolute Gasteiger partial charge is 0.378 e. The SMILES string of the molecule is CCCNC(c1c(Br)nnn1C)C1CCOC1C. The zero-order valence-electron chi connectivity index (χ0n) is 11.2. The van der Waals surface area contributed by atoms with Gasteiger partial charge in [0.25, 0.3) is 0 Å². The molecule has 0 saturated carbocycles. The molecular weight excluding hydrogens is 296 g/mol. The topological polar surface area (TPSA) is 52.0 Å². The molecule has 1 fully saturated rings. The Labute approximate surface area is 116 Å². The van der Waals surface area contributed by atoms with E-state index in [0.29, 0.717) is 5.92 Å². The molecule has 0 aromatic carbocycles. The maximum Gasteiger partial charge on any atom is 0.153 e. The van der Waals surface area contributed by atoms with Gasteiger partial charge in [-0.1, -0.05) is 12.1 Å². The van der Waals surface area contributed by atoms with Crippen LogP contribution in [0.1, 0.15) is 38.4 Å². The number of rotatable bonds is 5. The summed E-state index contributed by atoms with van der Waals surface area (Å²) in [5.41, 5.74) is 1.12. The number of nitrogens with one attached hydrogen (secondary N) is 1. The molecule has 3 atom stereocenters. The predicted molar refractivity (Wildman–Crippen MR) is 73.3 cm³/mol. The van der Waals surface area contributed by atoms with Crippen molar-refractivity contribution in [1.82, 2.24) is 20.3 Å². The minimum Gasteiger partial charge on any atom is -0.378 e. The lowest BCUT2D eigenvalue weighted by molar-refractivity contribution is 0.0943. The highest BCUT2D eigenvalue weighted by Gasteiger charge is 2.35. The van der Waals surface area contributed by atoms with Gasteiger partial charge in [-0.05, 0) is 42.2 Å². The lowest BCUT2D eigenvalue weighted by Crippen LogP contribution is -2.34. The molecule has 102 valence electrons. The van der Waals surface area contributed by atoms with Crippen LogP contribution < -0.4 is 5.32 Å². The van der Waals surface area contributed by atoms with Gasteiger partial charge in [0.2, 0.25) is 0 Å². The molecule has 3 unspecified atom stereocenters. The Morgan fingerprint density at radius 1 is 1.61 bits per heavy atom. The summed E-state index contributed by atoms with van der Waals surface area (Å²) in [7, 11) is 1.94. The molecule has 6 heteroatoms. The van der Waals surface area contributed by atoms with Crippen molar-refractivity contribution < 1.29 is 4.74 Å². The van der Waals surface area contributed by atoms with Crippen LogP contribution in [-0.4, -0.2) is 34.2 Å². The highest BCUT2D eigenvalue weighted by atomic mass is 79.9. The van der Waals surface area contributed by atoms with Crippen molar-refractivity contribution in [2.24, 2.45) is 13.0 Å². The lowest BCUT2D eigenvalue weighted by atomic mass is 9.91. The minimum atomic E-state index is 0.247. The Morgan fingerprint density at radius 2 is 2.39 bits per heavy atom. The fourth-order valence-corrected chi connectivity index (χ4v) is 3.18. The highest BCUT2D eigenvalue weighted by Crippen LogP contribution is 2.35. The summed E-state index contributed by atoms with van der Waals surface area (Å²) in [6, 6.07) is 0.247. The average molecular weight is 317 g/mol. The van der Waals surface area contributed by atoms with Gasteiger partial charge in [-0.25, -0.2) is 4.68 Å². The predicted octanol–water partition coefficient (Wildman–Crippen LogP) is 2.04. The van der Waals surface area contributed by atoms with Crippen LogP contribution in [0.15, 0.2) is 4.60 Å². The van der Waals surface area contributed by atoms with E-state index < -0.39 is 0 Å². The molecule has 0 bridgehead atoms. The first-order valence-electron chi connectivity index (χ1n) is 6.55. The lowest BCUT2D eigenvalue weighted by Gasteiger charge is -2.27. The van der Waals surface area contributed by atoms with Crippen LogP contribution in [0.2, 0.25) is 0 Å². The van der Waals surface area contributed by atoms with Gasteiger partial charge in [0, 0.05) is 19.6 Å². The van der Waals surface area contributed by atoms with Crippen molar-refractivity contribution in [2.45, 2.75) is 38.8 Å². The van der Waals surface area contributed by atoms with E-state index in [-0.39, 0.29) is 12.1 Å². The average Bonchev–Trinajstić information content (AvgIpc) is 2.90. The zero-order valence-corrected chi connectivity index (χ0v) is 12.8. The summed E-state index contributed by atoms with van der Waals surface area (Å²) < 4.78 is 8.38. The first kappa shape index (κ1) is 14.0. The number of hydrogen-bond donors (Lipinski definition) is 1. The third-order valence-electron chi connectivity index (χ3n) is 3.60. The number of aromatic nitrogens is 3. The molecular formula is C12H21BrN4O. The van der Waals surface area contributed by atoms with E-state index in [2.05, 4.69) is 45.4 Å². The van der Waals surface area contributed by atoms with E-state index in [1.165, 1.54) is 0 Å². The molecule has 1 aromatic rings. The normalized spacial score (nSPS) is 25.6. The van der Waals surface area contributed by atoms with Gasteiger partial charge in [-0.15, -0.1) is 5.10 Å². The molecule has 1 aliphatic rings. The van der Waals surface area contributed by atoms with Gasteiger partial charge in [0.05, 0.1) is 17.8 Å². The smallest absolute Gasteiger partial charge is 0.153 e. The first-order valence-corrected chi connectivity index (χ1v) is 7.34. The Balaban J connectivity index is 2.24. The van der Waals surface area contributed by atoms with Gasteiger partial charge in [0.15, 0.2) is 4.60 Å². The minimum absolute atomic E-state index is 0.247. The summed E-state index contributed by atoms with van der Waals surface area (Å²) in [5.74, 6) is 0.477. The molecule has 0 spiro atoms. The third kappa shape index (κ3) is 2.75. The van der Waals surface area contributed by atoms with Crippen molar-refractivity contribution in [1.29, 1.82) is 0 Å².